The summed E-state index contributed by atoms with van der Waals surface area (Å²) < 4.78 is 57.6. The van der Waals surface area contributed by atoms with Crippen molar-refractivity contribution in [1.29, 1.82) is 0 Å². The molecule has 1 aromatic heterocycles. The number of rotatable bonds is 8. The molecule has 134 valence electrons. The SMILES string of the molecule is O=C(CCc1cnc(Cl)cn1)c1ccc(OC(F)F)c(OC(F)F)c1. The van der Waals surface area contributed by atoms with Crippen molar-refractivity contribution in [1.82, 2.24) is 9.97 Å². The molecule has 0 spiro atoms. The largest absolute Gasteiger partial charge is 0.431 e. The minimum Gasteiger partial charge on any atom is -0.431 e. The summed E-state index contributed by atoms with van der Waals surface area (Å²) in [5.41, 5.74) is 0.527. The molecular formula is C15H11ClF4N2O3. The van der Waals surface area contributed by atoms with Gasteiger partial charge in [-0.25, -0.2) is 4.98 Å². The first-order valence-corrected chi connectivity index (χ1v) is 7.26. The Balaban J connectivity index is 2.11. The Bertz CT molecular complexity index is 729. The molecule has 0 fully saturated rings. The van der Waals surface area contributed by atoms with E-state index in [4.69, 9.17) is 11.6 Å². The number of hydrogen-bond acceptors (Lipinski definition) is 5. The lowest BCUT2D eigenvalue weighted by atomic mass is 10.0. The lowest BCUT2D eigenvalue weighted by Gasteiger charge is -2.12. The molecule has 5 nitrogen and oxygen atoms in total. The maximum Gasteiger partial charge on any atom is 0.387 e. The van der Waals surface area contributed by atoms with Crippen molar-refractivity contribution < 1.29 is 31.8 Å². The van der Waals surface area contributed by atoms with Crippen LogP contribution in [0.25, 0.3) is 0 Å². The van der Waals surface area contributed by atoms with Crippen LogP contribution in [0.15, 0.2) is 30.6 Å². The molecule has 0 unspecified atom stereocenters. The fraction of sp³-hybridized carbons (Fsp3) is 0.267. The summed E-state index contributed by atoms with van der Waals surface area (Å²) >= 11 is 5.60. The summed E-state index contributed by atoms with van der Waals surface area (Å²) in [7, 11) is 0. The number of nitrogens with zero attached hydrogens (tertiary/aromatic N) is 2. The van der Waals surface area contributed by atoms with E-state index in [9.17, 15) is 22.4 Å². The van der Waals surface area contributed by atoms with Crippen molar-refractivity contribution in [3.63, 3.8) is 0 Å². The molecule has 0 bridgehead atoms. The van der Waals surface area contributed by atoms with Crippen LogP contribution in [0.2, 0.25) is 5.15 Å². The first-order valence-electron chi connectivity index (χ1n) is 6.88. The molecule has 0 aliphatic heterocycles. The van der Waals surface area contributed by atoms with E-state index in [1.807, 2.05) is 0 Å². The van der Waals surface area contributed by atoms with Gasteiger partial charge in [0.25, 0.3) is 0 Å². The summed E-state index contributed by atoms with van der Waals surface area (Å²) in [6, 6.07) is 3.09. The molecule has 0 N–H and O–H groups in total. The number of ether oxygens (including phenoxy) is 2. The van der Waals surface area contributed by atoms with E-state index in [0.717, 1.165) is 12.1 Å². The van der Waals surface area contributed by atoms with E-state index in [0.29, 0.717) is 5.69 Å². The van der Waals surface area contributed by atoms with E-state index in [2.05, 4.69) is 19.4 Å². The van der Waals surface area contributed by atoms with Gasteiger partial charge in [-0.2, -0.15) is 17.6 Å². The van der Waals surface area contributed by atoms with Crippen LogP contribution in [0.3, 0.4) is 0 Å². The maximum atomic E-state index is 12.4. The van der Waals surface area contributed by atoms with Gasteiger partial charge in [-0.05, 0) is 24.6 Å². The van der Waals surface area contributed by atoms with Gasteiger partial charge in [0, 0.05) is 12.0 Å². The molecule has 0 saturated heterocycles. The average Bonchev–Trinajstić information content (AvgIpc) is 2.54. The number of carbonyl (C=O) groups is 1. The fourth-order valence-electron chi connectivity index (χ4n) is 1.92. The number of halogens is 5. The fourth-order valence-corrected chi connectivity index (χ4v) is 2.01. The Morgan fingerprint density at radius 2 is 1.72 bits per heavy atom. The molecule has 0 aliphatic carbocycles. The van der Waals surface area contributed by atoms with Gasteiger partial charge in [0.05, 0.1) is 18.1 Å². The second-order valence-electron chi connectivity index (χ2n) is 4.67. The monoisotopic (exact) mass is 378 g/mol. The molecule has 1 heterocycles. The number of Topliss-reactive ketones (excluding diaryl/α,β-unsaturated/α-hetero) is 1. The highest BCUT2D eigenvalue weighted by molar-refractivity contribution is 6.29. The zero-order chi connectivity index (χ0) is 18.4. The lowest BCUT2D eigenvalue weighted by Crippen LogP contribution is -2.09. The zero-order valence-corrected chi connectivity index (χ0v) is 13.2. The highest BCUT2D eigenvalue weighted by Crippen LogP contribution is 2.31. The van der Waals surface area contributed by atoms with Crippen molar-refractivity contribution in [3.05, 3.63) is 47.0 Å². The molecular weight excluding hydrogens is 368 g/mol. The van der Waals surface area contributed by atoms with Crippen LogP contribution >= 0.6 is 11.6 Å². The maximum absolute atomic E-state index is 12.4. The van der Waals surface area contributed by atoms with Gasteiger partial charge in [-0.3, -0.25) is 9.78 Å². The third-order valence-electron chi connectivity index (χ3n) is 2.98. The van der Waals surface area contributed by atoms with Gasteiger partial charge in [0.15, 0.2) is 17.3 Å². The highest BCUT2D eigenvalue weighted by Gasteiger charge is 2.17. The number of benzene rings is 1. The van der Waals surface area contributed by atoms with E-state index in [1.54, 1.807) is 0 Å². The third kappa shape index (κ3) is 5.86. The van der Waals surface area contributed by atoms with Crippen LogP contribution in [0.5, 0.6) is 11.5 Å². The van der Waals surface area contributed by atoms with Crippen LogP contribution < -0.4 is 9.47 Å². The van der Waals surface area contributed by atoms with E-state index >= 15 is 0 Å². The van der Waals surface area contributed by atoms with Crippen molar-refractivity contribution in [2.45, 2.75) is 26.1 Å². The number of ketones is 1. The summed E-state index contributed by atoms with van der Waals surface area (Å²) in [6.07, 6.45) is 2.97. The molecule has 2 rings (SSSR count). The normalized spacial score (nSPS) is 11.0. The predicted molar refractivity (Wildman–Crippen MR) is 79.4 cm³/mol. The quantitative estimate of drug-likeness (QED) is 0.510. The molecule has 25 heavy (non-hydrogen) atoms. The topological polar surface area (TPSA) is 61.3 Å². The standard InChI is InChI=1S/C15H11ClF4N2O3/c16-13-7-21-9(6-22-13)2-3-10(23)8-1-4-11(24-14(17)18)12(5-8)25-15(19)20/h1,4-7,14-15H,2-3H2. The smallest absolute Gasteiger partial charge is 0.387 e. The number of carbonyl (C=O) groups excluding carboxylic acids is 1. The first kappa shape index (κ1) is 18.9. The molecule has 0 radical (unpaired) electrons. The van der Waals surface area contributed by atoms with Crippen LogP contribution in [-0.2, 0) is 6.42 Å². The second kappa shape index (κ2) is 8.61. The van der Waals surface area contributed by atoms with Crippen LogP contribution in [0.4, 0.5) is 17.6 Å². The van der Waals surface area contributed by atoms with Gasteiger partial charge in [0.2, 0.25) is 0 Å². The van der Waals surface area contributed by atoms with Crippen molar-refractivity contribution in [2.75, 3.05) is 0 Å². The third-order valence-corrected chi connectivity index (χ3v) is 3.17. The van der Waals surface area contributed by atoms with Crippen LogP contribution in [0, 0.1) is 0 Å². The Morgan fingerprint density at radius 3 is 2.32 bits per heavy atom. The number of alkyl halides is 4. The molecule has 0 aliphatic rings. The Morgan fingerprint density at radius 1 is 1.04 bits per heavy atom. The van der Waals surface area contributed by atoms with Gasteiger partial charge in [-0.1, -0.05) is 11.6 Å². The van der Waals surface area contributed by atoms with Crippen LogP contribution in [0.1, 0.15) is 22.5 Å². The average molecular weight is 379 g/mol. The van der Waals surface area contributed by atoms with Gasteiger partial charge >= 0.3 is 13.2 Å². The molecule has 0 amide bonds. The second-order valence-corrected chi connectivity index (χ2v) is 5.06. The molecule has 2 aromatic rings. The molecule has 0 atom stereocenters. The Kier molecular flexibility index (Phi) is 6.51. The Hall–Kier alpha value is -2.42. The summed E-state index contributed by atoms with van der Waals surface area (Å²) in [5, 5.41) is 0.207. The summed E-state index contributed by atoms with van der Waals surface area (Å²) in [5.74, 6) is -1.65. The molecule has 0 saturated carbocycles. The van der Waals surface area contributed by atoms with Gasteiger partial charge < -0.3 is 9.47 Å². The lowest BCUT2D eigenvalue weighted by molar-refractivity contribution is -0.0692. The minimum atomic E-state index is -3.25. The van der Waals surface area contributed by atoms with E-state index in [-0.39, 0.29) is 23.6 Å². The minimum absolute atomic E-state index is 0.000514. The number of aromatic nitrogens is 2. The van der Waals surface area contributed by atoms with Crippen LogP contribution in [-0.4, -0.2) is 29.0 Å². The van der Waals surface area contributed by atoms with E-state index in [1.165, 1.54) is 18.5 Å². The predicted octanol–water partition coefficient (Wildman–Crippen LogP) is 4.15. The zero-order valence-electron chi connectivity index (χ0n) is 12.5. The van der Waals surface area contributed by atoms with E-state index < -0.39 is 30.5 Å². The van der Waals surface area contributed by atoms with Crippen molar-refractivity contribution in [2.24, 2.45) is 0 Å². The van der Waals surface area contributed by atoms with Gasteiger partial charge in [0.1, 0.15) is 5.15 Å². The van der Waals surface area contributed by atoms with Crippen molar-refractivity contribution in [3.8, 4) is 11.5 Å². The molecule has 1 aromatic carbocycles. The van der Waals surface area contributed by atoms with Gasteiger partial charge in [-0.15, -0.1) is 0 Å². The number of hydrogen-bond donors (Lipinski definition) is 0. The highest BCUT2D eigenvalue weighted by atomic mass is 35.5. The number of aryl methyl sites for hydroxylation is 1. The molecule has 10 heteroatoms. The van der Waals surface area contributed by atoms with Crippen molar-refractivity contribution >= 4 is 17.4 Å². The Labute approximate surface area is 144 Å². The summed E-state index contributed by atoms with van der Waals surface area (Å²) in [4.78, 5) is 19.9. The first-order chi connectivity index (χ1) is 11.8. The summed E-state index contributed by atoms with van der Waals surface area (Å²) in [6.45, 7) is -6.47.